The minimum Gasteiger partial charge on any atom is -0.496 e. The quantitative estimate of drug-likeness (QED) is 0.605. The van der Waals surface area contributed by atoms with Crippen molar-refractivity contribution in [2.45, 2.75) is 32.4 Å². The van der Waals surface area contributed by atoms with Crippen LogP contribution in [0, 0.1) is 13.8 Å². The zero-order chi connectivity index (χ0) is 22.1. The van der Waals surface area contributed by atoms with Crippen LogP contribution in [0.4, 0.5) is 13.2 Å². The first-order valence-corrected chi connectivity index (χ1v) is 8.97. The van der Waals surface area contributed by atoms with Crippen LogP contribution in [0.5, 0.6) is 5.75 Å². The van der Waals surface area contributed by atoms with Gasteiger partial charge in [-0.15, -0.1) is 10.2 Å². The van der Waals surface area contributed by atoms with E-state index in [2.05, 4.69) is 10.2 Å². The van der Waals surface area contributed by atoms with Crippen molar-refractivity contribution in [2.24, 2.45) is 0 Å². The Morgan fingerprint density at radius 3 is 2.47 bits per heavy atom. The van der Waals surface area contributed by atoms with Crippen LogP contribution >= 0.6 is 0 Å². The molecule has 2 aromatic carbocycles. The lowest BCUT2D eigenvalue weighted by Crippen LogP contribution is -2.12. The summed E-state index contributed by atoms with van der Waals surface area (Å²) in [5, 5.41) is 16.8. The van der Waals surface area contributed by atoms with Crippen LogP contribution in [0.1, 0.15) is 40.8 Å². The fourth-order valence-electron chi connectivity index (χ4n) is 3.19. The van der Waals surface area contributed by atoms with Crippen molar-refractivity contribution in [1.29, 1.82) is 0 Å². The second-order valence-corrected chi connectivity index (χ2v) is 6.85. The average molecular weight is 420 g/mol. The van der Waals surface area contributed by atoms with Crippen LogP contribution in [0.25, 0.3) is 11.1 Å². The second-order valence-electron chi connectivity index (χ2n) is 6.85. The van der Waals surface area contributed by atoms with Crippen LogP contribution < -0.4 is 4.74 Å². The Labute approximate surface area is 170 Å². The molecule has 3 aromatic rings. The van der Waals surface area contributed by atoms with Gasteiger partial charge < -0.3 is 14.3 Å². The third-order valence-electron chi connectivity index (χ3n) is 4.57. The molecule has 0 amide bonds. The zero-order valence-electron chi connectivity index (χ0n) is 16.4. The lowest BCUT2D eigenvalue weighted by molar-refractivity contribution is -0.138. The number of rotatable bonds is 6. The molecule has 1 atom stereocenters. The summed E-state index contributed by atoms with van der Waals surface area (Å²) in [5.74, 6) is -1.72. The highest BCUT2D eigenvalue weighted by Gasteiger charge is 2.33. The number of aromatic nitrogens is 2. The van der Waals surface area contributed by atoms with Crippen LogP contribution in [0.2, 0.25) is 0 Å². The molecular formula is C21H19F3N2O4. The number of hydrogen-bond donors (Lipinski definition) is 1. The van der Waals surface area contributed by atoms with Crippen molar-refractivity contribution >= 4 is 5.97 Å². The molecule has 0 aliphatic heterocycles. The monoisotopic (exact) mass is 420 g/mol. The van der Waals surface area contributed by atoms with Gasteiger partial charge in [-0.3, -0.25) is 4.79 Å². The molecule has 3 rings (SSSR count). The van der Waals surface area contributed by atoms with Gasteiger partial charge in [-0.1, -0.05) is 17.7 Å². The Morgan fingerprint density at radius 1 is 1.17 bits per heavy atom. The summed E-state index contributed by atoms with van der Waals surface area (Å²) < 4.78 is 51.6. The Balaban J connectivity index is 2.25. The van der Waals surface area contributed by atoms with Gasteiger partial charge in [0.25, 0.3) is 0 Å². The molecule has 0 bridgehead atoms. The lowest BCUT2D eigenvalue weighted by Gasteiger charge is -2.18. The molecule has 0 aliphatic rings. The molecule has 158 valence electrons. The van der Waals surface area contributed by atoms with E-state index in [0.717, 1.165) is 17.7 Å². The van der Waals surface area contributed by atoms with Crippen molar-refractivity contribution in [3.63, 3.8) is 0 Å². The highest BCUT2D eigenvalue weighted by atomic mass is 19.4. The molecule has 1 unspecified atom stereocenters. The Morgan fingerprint density at radius 2 is 1.90 bits per heavy atom. The van der Waals surface area contributed by atoms with Crippen molar-refractivity contribution < 1.29 is 32.2 Å². The van der Waals surface area contributed by atoms with E-state index >= 15 is 0 Å². The standard InChI is InChI=1S/C21H19F3N2O4/c1-11-4-5-18(29-3)16(6-11)13-7-14(9-15(8-13)21(22,23)24)17(10-19(27)28)20-26-25-12(2)30-20/h4-9,17H,10H2,1-3H3,(H,27,28). The minimum absolute atomic E-state index is 0.0589. The summed E-state index contributed by atoms with van der Waals surface area (Å²) in [6, 6.07) is 8.59. The Kier molecular flexibility index (Phi) is 5.82. The molecule has 30 heavy (non-hydrogen) atoms. The van der Waals surface area contributed by atoms with Gasteiger partial charge in [0, 0.05) is 12.5 Å². The Hall–Kier alpha value is -3.36. The fraction of sp³-hybridized carbons (Fsp3) is 0.286. The van der Waals surface area contributed by atoms with E-state index in [0.29, 0.717) is 11.3 Å². The zero-order valence-corrected chi connectivity index (χ0v) is 16.4. The first kappa shape index (κ1) is 21.4. The minimum atomic E-state index is -4.64. The second kappa shape index (κ2) is 8.17. The van der Waals surface area contributed by atoms with Crippen LogP contribution in [0.3, 0.4) is 0 Å². The number of alkyl halides is 3. The smallest absolute Gasteiger partial charge is 0.416 e. The van der Waals surface area contributed by atoms with Gasteiger partial charge in [0.15, 0.2) is 0 Å². The summed E-state index contributed by atoms with van der Waals surface area (Å²) in [6.07, 6.45) is -5.15. The van der Waals surface area contributed by atoms with Gasteiger partial charge in [0.2, 0.25) is 11.8 Å². The number of nitrogens with zero attached hydrogens (tertiary/aromatic N) is 2. The van der Waals surface area contributed by atoms with Gasteiger partial charge in [0.1, 0.15) is 5.75 Å². The number of hydrogen-bond acceptors (Lipinski definition) is 5. The third-order valence-corrected chi connectivity index (χ3v) is 4.57. The molecule has 0 aliphatic carbocycles. The van der Waals surface area contributed by atoms with Gasteiger partial charge in [-0.2, -0.15) is 13.2 Å². The predicted molar refractivity (Wildman–Crippen MR) is 101 cm³/mol. The largest absolute Gasteiger partial charge is 0.496 e. The SMILES string of the molecule is COc1ccc(C)cc1-c1cc(C(CC(=O)O)c2nnc(C)o2)cc(C(F)(F)F)c1. The van der Waals surface area contributed by atoms with Crippen LogP contribution in [-0.4, -0.2) is 28.4 Å². The van der Waals surface area contributed by atoms with Gasteiger partial charge >= 0.3 is 12.1 Å². The predicted octanol–water partition coefficient (Wildman–Crippen LogP) is 4.99. The molecule has 6 nitrogen and oxygen atoms in total. The molecular weight excluding hydrogens is 401 g/mol. The number of methoxy groups -OCH3 is 1. The summed E-state index contributed by atoms with van der Waals surface area (Å²) in [7, 11) is 1.43. The van der Waals surface area contributed by atoms with Crippen LogP contribution in [-0.2, 0) is 11.0 Å². The number of ether oxygens (including phenoxy) is 1. The summed E-state index contributed by atoms with van der Waals surface area (Å²) in [5.41, 5.74) is 0.728. The molecule has 0 fully saturated rings. The Bertz CT molecular complexity index is 1080. The van der Waals surface area contributed by atoms with Crippen molar-refractivity contribution in [3.05, 3.63) is 64.9 Å². The maximum absolute atomic E-state index is 13.7. The first-order chi connectivity index (χ1) is 14.1. The topological polar surface area (TPSA) is 85.5 Å². The van der Waals surface area contributed by atoms with Gasteiger partial charge in [-0.05, 0) is 42.3 Å². The van der Waals surface area contributed by atoms with Crippen LogP contribution in [0.15, 0.2) is 40.8 Å². The van der Waals surface area contributed by atoms with E-state index in [-0.39, 0.29) is 22.9 Å². The average Bonchev–Trinajstić information content (AvgIpc) is 3.11. The number of carboxylic acids is 1. The number of carbonyl (C=O) groups is 1. The van der Waals surface area contributed by atoms with Crippen molar-refractivity contribution in [2.75, 3.05) is 7.11 Å². The summed E-state index contributed by atoms with van der Waals surface area (Å²) >= 11 is 0. The lowest BCUT2D eigenvalue weighted by atomic mass is 9.90. The molecule has 1 heterocycles. The molecule has 0 radical (unpaired) electrons. The van der Waals surface area contributed by atoms with E-state index < -0.39 is 30.0 Å². The summed E-state index contributed by atoms with van der Waals surface area (Å²) in [6.45, 7) is 3.33. The van der Waals surface area contributed by atoms with Gasteiger partial charge in [0.05, 0.1) is 25.0 Å². The number of halogens is 3. The highest BCUT2D eigenvalue weighted by Crippen LogP contribution is 2.40. The van der Waals surface area contributed by atoms with Crippen molar-refractivity contribution in [3.8, 4) is 16.9 Å². The van der Waals surface area contributed by atoms with E-state index in [4.69, 9.17) is 9.15 Å². The molecule has 0 saturated carbocycles. The number of carboxylic acid groups (broad SMARTS) is 1. The molecule has 0 saturated heterocycles. The molecule has 9 heteroatoms. The van der Waals surface area contributed by atoms with E-state index in [1.54, 1.807) is 18.2 Å². The maximum Gasteiger partial charge on any atom is 0.416 e. The molecule has 0 spiro atoms. The first-order valence-electron chi connectivity index (χ1n) is 8.97. The fourth-order valence-corrected chi connectivity index (χ4v) is 3.19. The van der Waals surface area contributed by atoms with E-state index in [9.17, 15) is 23.1 Å². The number of aryl methyl sites for hydroxylation is 2. The van der Waals surface area contributed by atoms with E-state index in [1.807, 2.05) is 6.92 Å². The number of benzene rings is 2. The molecule has 1 N–H and O–H groups in total. The number of aliphatic carboxylic acids is 1. The van der Waals surface area contributed by atoms with Gasteiger partial charge in [-0.25, -0.2) is 0 Å². The normalized spacial score (nSPS) is 12.6. The van der Waals surface area contributed by atoms with Crippen molar-refractivity contribution in [1.82, 2.24) is 10.2 Å². The third kappa shape index (κ3) is 4.61. The van der Waals surface area contributed by atoms with E-state index in [1.165, 1.54) is 20.1 Å². The maximum atomic E-state index is 13.7. The summed E-state index contributed by atoms with van der Waals surface area (Å²) in [4.78, 5) is 11.4. The molecule has 1 aromatic heterocycles. The highest BCUT2D eigenvalue weighted by molar-refractivity contribution is 5.74.